The molecule has 1 heteroatoms. The zero-order chi connectivity index (χ0) is 5.82. The minimum Gasteiger partial charge on any atom is -0.0985 e. The van der Waals surface area contributed by atoms with E-state index >= 15 is 0 Å². The minimum absolute atomic E-state index is 0. The number of hydrogen-bond donors (Lipinski definition) is 0. The summed E-state index contributed by atoms with van der Waals surface area (Å²) in [6, 6.07) is 10.0. The van der Waals surface area contributed by atoms with Gasteiger partial charge in [0.25, 0.3) is 0 Å². The average Bonchev–Trinajstić information content (AvgIpc) is 1.90. The van der Waals surface area contributed by atoms with Gasteiger partial charge in [-0.05, 0) is 5.56 Å². The third-order valence-corrected chi connectivity index (χ3v) is 1.04. The summed E-state index contributed by atoms with van der Waals surface area (Å²) < 4.78 is 0. The molecule has 0 N–H and O–H groups in total. The third kappa shape index (κ3) is 2.57. The second kappa shape index (κ2) is 4.46. The van der Waals surface area contributed by atoms with Crippen molar-refractivity contribution in [3.63, 3.8) is 0 Å². The molecule has 0 saturated carbocycles. The predicted molar refractivity (Wildman–Crippen MR) is 36.5 cm³/mol. The van der Waals surface area contributed by atoms with Crippen molar-refractivity contribution < 1.29 is 19.5 Å². The van der Waals surface area contributed by atoms with Gasteiger partial charge in [0.05, 0.1) is 0 Å². The van der Waals surface area contributed by atoms with Crippen LogP contribution in [0.1, 0.15) is 5.56 Å². The maximum absolute atomic E-state index is 3.63. The second-order valence-electron chi connectivity index (χ2n) is 1.61. The van der Waals surface area contributed by atoms with Crippen LogP contribution in [0.5, 0.6) is 0 Å². The SMILES string of the molecule is C=Cc1ccccc1.[Rh+2]. The van der Waals surface area contributed by atoms with E-state index in [1.807, 2.05) is 36.4 Å². The molecule has 0 heterocycles. The Morgan fingerprint density at radius 3 is 2.00 bits per heavy atom. The molecule has 0 atom stereocenters. The van der Waals surface area contributed by atoms with Gasteiger partial charge >= 0.3 is 19.5 Å². The van der Waals surface area contributed by atoms with Crippen molar-refractivity contribution in [1.29, 1.82) is 0 Å². The van der Waals surface area contributed by atoms with E-state index < -0.39 is 0 Å². The first kappa shape index (κ1) is 8.58. The summed E-state index contributed by atoms with van der Waals surface area (Å²) in [5, 5.41) is 0. The van der Waals surface area contributed by atoms with Crippen molar-refractivity contribution in [1.82, 2.24) is 0 Å². The van der Waals surface area contributed by atoms with Crippen LogP contribution in [0.25, 0.3) is 6.08 Å². The average molecular weight is 207 g/mol. The summed E-state index contributed by atoms with van der Waals surface area (Å²) in [4.78, 5) is 0. The molecule has 1 radical (unpaired) electrons. The van der Waals surface area contributed by atoms with Crippen LogP contribution in [0.4, 0.5) is 0 Å². The van der Waals surface area contributed by atoms with Gasteiger partial charge < -0.3 is 0 Å². The van der Waals surface area contributed by atoms with Crippen LogP contribution >= 0.6 is 0 Å². The smallest absolute Gasteiger partial charge is 0.0985 e. The van der Waals surface area contributed by atoms with E-state index in [4.69, 9.17) is 0 Å². The summed E-state index contributed by atoms with van der Waals surface area (Å²) in [5.74, 6) is 0. The molecule has 0 aromatic heterocycles. The monoisotopic (exact) mass is 207 g/mol. The quantitative estimate of drug-likeness (QED) is 0.620. The van der Waals surface area contributed by atoms with Gasteiger partial charge in [0.1, 0.15) is 0 Å². The molecular formula is C8H8Rh+2. The summed E-state index contributed by atoms with van der Waals surface area (Å²) >= 11 is 0. The van der Waals surface area contributed by atoms with Crippen molar-refractivity contribution >= 4 is 6.08 Å². The summed E-state index contributed by atoms with van der Waals surface area (Å²) in [7, 11) is 0. The van der Waals surface area contributed by atoms with E-state index in [-0.39, 0.29) is 19.5 Å². The Morgan fingerprint density at radius 1 is 1.11 bits per heavy atom. The van der Waals surface area contributed by atoms with Crippen LogP contribution in [-0.4, -0.2) is 0 Å². The van der Waals surface area contributed by atoms with Crippen molar-refractivity contribution in [2.45, 2.75) is 0 Å². The molecule has 47 valence electrons. The van der Waals surface area contributed by atoms with E-state index in [2.05, 4.69) is 6.58 Å². The van der Waals surface area contributed by atoms with Crippen LogP contribution in [0.2, 0.25) is 0 Å². The third-order valence-electron chi connectivity index (χ3n) is 1.04. The zero-order valence-corrected chi connectivity index (χ0v) is 6.64. The van der Waals surface area contributed by atoms with Crippen LogP contribution in [0.3, 0.4) is 0 Å². The van der Waals surface area contributed by atoms with Gasteiger partial charge in [-0.1, -0.05) is 43.0 Å². The van der Waals surface area contributed by atoms with Gasteiger partial charge in [0.15, 0.2) is 0 Å². The fourth-order valence-corrected chi connectivity index (χ4v) is 0.589. The first-order valence-corrected chi connectivity index (χ1v) is 2.61. The van der Waals surface area contributed by atoms with Gasteiger partial charge in [-0.15, -0.1) is 0 Å². The molecule has 9 heavy (non-hydrogen) atoms. The molecule has 1 aromatic rings. The molecule has 0 bridgehead atoms. The molecule has 1 aromatic carbocycles. The Labute approximate surface area is 68.4 Å². The molecule has 0 aliphatic heterocycles. The van der Waals surface area contributed by atoms with E-state index in [0.717, 1.165) is 0 Å². The maximum Gasteiger partial charge on any atom is 2.00 e. The molecule has 0 saturated heterocycles. The zero-order valence-electron chi connectivity index (χ0n) is 5.00. The first-order chi connectivity index (χ1) is 3.93. The summed E-state index contributed by atoms with van der Waals surface area (Å²) in [6.45, 7) is 3.63. The Morgan fingerprint density at radius 2 is 1.67 bits per heavy atom. The van der Waals surface area contributed by atoms with Crippen molar-refractivity contribution in [2.75, 3.05) is 0 Å². The molecule has 0 amide bonds. The summed E-state index contributed by atoms with van der Waals surface area (Å²) in [6.07, 6.45) is 1.83. The molecule has 0 aliphatic carbocycles. The fraction of sp³-hybridized carbons (Fsp3) is 0. The maximum atomic E-state index is 3.63. The summed E-state index contributed by atoms with van der Waals surface area (Å²) in [5.41, 5.74) is 1.17. The van der Waals surface area contributed by atoms with Crippen LogP contribution in [-0.2, 0) is 19.5 Å². The standard InChI is InChI=1S/C8H8.Rh/c1-2-8-6-4-3-5-7-8;/h2-7H,1H2;/q;+2. The molecule has 1 rings (SSSR count). The number of benzene rings is 1. The second-order valence-corrected chi connectivity index (χ2v) is 1.61. The predicted octanol–water partition coefficient (Wildman–Crippen LogP) is 2.33. The van der Waals surface area contributed by atoms with Gasteiger partial charge in [-0.3, -0.25) is 0 Å². The molecule has 0 aliphatic rings. The molecule has 0 unspecified atom stereocenters. The van der Waals surface area contributed by atoms with E-state index in [1.54, 1.807) is 0 Å². The Kier molecular flexibility index (Phi) is 4.25. The van der Waals surface area contributed by atoms with Crippen LogP contribution in [0, 0.1) is 0 Å². The van der Waals surface area contributed by atoms with Crippen molar-refractivity contribution in [3.8, 4) is 0 Å². The van der Waals surface area contributed by atoms with Crippen molar-refractivity contribution in [2.24, 2.45) is 0 Å². The van der Waals surface area contributed by atoms with E-state index in [0.29, 0.717) is 0 Å². The van der Waals surface area contributed by atoms with E-state index in [9.17, 15) is 0 Å². The largest absolute Gasteiger partial charge is 2.00 e. The normalized spacial score (nSPS) is 7.56. The van der Waals surface area contributed by atoms with Crippen LogP contribution in [0.15, 0.2) is 36.9 Å². The number of hydrogen-bond acceptors (Lipinski definition) is 0. The van der Waals surface area contributed by atoms with Crippen molar-refractivity contribution in [3.05, 3.63) is 42.5 Å². The van der Waals surface area contributed by atoms with Gasteiger partial charge in [0.2, 0.25) is 0 Å². The Hall–Kier alpha value is -0.417. The topological polar surface area (TPSA) is 0 Å². The van der Waals surface area contributed by atoms with E-state index in [1.165, 1.54) is 5.56 Å². The Balaban J connectivity index is 0.000000640. The number of rotatable bonds is 1. The molecule has 0 nitrogen and oxygen atoms in total. The molecular weight excluding hydrogens is 199 g/mol. The molecule has 0 fully saturated rings. The first-order valence-electron chi connectivity index (χ1n) is 2.61. The molecule has 0 spiro atoms. The van der Waals surface area contributed by atoms with Gasteiger partial charge in [0, 0.05) is 0 Å². The Bertz CT molecular complexity index is 167. The minimum atomic E-state index is 0. The fourth-order valence-electron chi connectivity index (χ4n) is 0.589. The van der Waals surface area contributed by atoms with Crippen LogP contribution < -0.4 is 0 Å². The van der Waals surface area contributed by atoms with Gasteiger partial charge in [-0.2, -0.15) is 0 Å². The van der Waals surface area contributed by atoms with Gasteiger partial charge in [-0.25, -0.2) is 0 Å².